The summed E-state index contributed by atoms with van der Waals surface area (Å²) in [6.07, 6.45) is 0.0206. The third-order valence-electron chi connectivity index (χ3n) is 6.40. The van der Waals surface area contributed by atoms with Gasteiger partial charge in [-0.1, -0.05) is 28.1 Å². The molecule has 5 N–H and O–H groups in total. The van der Waals surface area contributed by atoms with Crippen molar-refractivity contribution >= 4 is 55.7 Å². The number of hydrogen-bond acceptors (Lipinski definition) is 6. The van der Waals surface area contributed by atoms with E-state index in [1.165, 1.54) is 0 Å². The fourth-order valence-electron chi connectivity index (χ4n) is 4.33. The molecule has 1 aromatic heterocycles. The molecule has 1 heterocycles. The Kier molecular flexibility index (Phi) is 8.60. The molecule has 9 heteroatoms. The Morgan fingerprint density at radius 2 is 1.76 bits per heavy atom. The summed E-state index contributed by atoms with van der Waals surface area (Å²) < 4.78 is 0.756. The molecule has 0 spiro atoms. The van der Waals surface area contributed by atoms with Gasteiger partial charge in [-0.15, -0.1) is 0 Å². The summed E-state index contributed by atoms with van der Waals surface area (Å²) in [5.74, 6) is -0.668. The molecule has 2 amide bonds. The van der Waals surface area contributed by atoms with Gasteiger partial charge in [0.2, 0.25) is 0 Å². The van der Waals surface area contributed by atoms with E-state index in [4.69, 9.17) is 5.73 Å². The average molecular weight is 576 g/mol. The van der Waals surface area contributed by atoms with Gasteiger partial charge in [0.25, 0.3) is 11.8 Å². The summed E-state index contributed by atoms with van der Waals surface area (Å²) in [7, 11) is 0. The van der Waals surface area contributed by atoms with Crippen molar-refractivity contribution in [1.82, 2.24) is 10.3 Å². The predicted molar refractivity (Wildman–Crippen MR) is 155 cm³/mol. The van der Waals surface area contributed by atoms with Crippen LogP contribution in [0.3, 0.4) is 0 Å². The Bertz CT molecular complexity index is 1440. The number of carbonyl (C=O) groups is 2. The van der Waals surface area contributed by atoms with Crippen LogP contribution in [0.5, 0.6) is 0 Å². The molecule has 4 aromatic rings. The number of amides is 2. The Balaban J connectivity index is 1.56. The molecule has 2 unspecified atom stereocenters. The van der Waals surface area contributed by atoms with Crippen molar-refractivity contribution in [2.24, 2.45) is 0 Å². The Morgan fingerprint density at radius 1 is 1.03 bits per heavy atom. The smallest absolute Gasteiger partial charge is 0.255 e. The van der Waals surface area contributed by atoms with Crippen molar-refractivity contribution in [1.29, 1.82) is 0 Å². The first-order valence-electron chi connectivity index (χ1n) is 12.3. The largest absolute Gasteiger partial charge is 0.383 e. The number of nitrogens with one attached hydrogen (secondary N) is 2. The lowest BCUT2D eigenvalue weighted by Crippen LogP contribution is -2.42. The Labute approximate surface area is 230 Å². The fourth-order valence-corrected chi connectivity index (χ4v) is 4.75. The normalized spacial score (nSPS) is 12.5. The van der Waals surface area contributed by atoms with Crippen LogP contribution in [0.4, 0.5) is 17.2 Å². The van der Waals surface area contributed by atoms with Gasteiger partial charge in [0.05, 0.1) is 6.04 Å². The van der Waals surface area contributed by atoms with Crippen LogP contribution in [0, 0.1) is 0 Å². The number of rotatable bonds is 9. The first kappa shape index (κ1) is 27.1. The van der Waals surface area contributed by atoms with Crippen LogP contribution < -0.4 is 21.3 Å². The van der Waals surface area contributed by atoms with Crippen LogP contribution in [-0.4, -0.2) is 41.1 Å². The van der Waals surface area contributed by atoms with E-state index >= 15 is 0 Å². The topological polar surface area (TPSA) is 121 Å². The van der Waals surface area contributed by atoms with Crippen molar-refractivity contribution < 1.29 is 14.7 Å². The maximum absolute atomic E-state index is 13.2. The molecule has 0 aliphatic carbocycles. The van der Waals surface area contributed by atoms with E-state index in [1.54, 1.807) is 60.8 Å². The highest BCUT2D eigenvalue weighted by molar-refractivity contribution is 9.10. The molecular formula is C29H30BrN5O3. The van der Waals surface area contributed by atoms with Gasteiger partial charge >= 0.3 is 0 Å². The highest BCUT2D eigenvalue weighted by Crippen LogP contribution is 2.25. The second kappa shape index (κ2) is 12.1. The zero-order valence-electron chi connectivity index (χ0n) is 21.2. The molecule has 4 rings (SSSR count). The molecule has 0 saturated carbocycles. The van der Waals surface area contributed by atoms with Gasteiger partial charge in [0.15, 0.2) is 6.10 Å². The minimum atomic E-state index is -1.57. The van der Waals surface area contributed by atoms with E-state index in [0.29, 0.717) is 22.6 Å². The summed E-state index contributed by atoms with van der Waals surface area (Å²) in [6.45, 7) is 5.86. The number of halogens is 1. The van der Waals surface area contributed by atoms with Crippen LogP contribution in [0.25, 0.3) is 10.8 Å². The molecule has 2 atom stereocenters. The second-order valence-corrected chi connectivity index (χ2v) is 9.71. The van der Waals surface area contributed by atoms with Crippen LogP contribution in [0.15, 0.2) is 83.5 Å². The maximum Gasteiger partial charge on any atom is 0.255 e. The number of carbonyl (C=O) groups excluding carboxylic acids is 2. The Hall–Kier alpha value is -3.95. The highest BCUT2D eigenvalue weighted by atomic mass is 79.9. The van der Waals surface area contributed by atoms with Crippen LogP contribution >= 0.6 is 15.9 Å². The van der Waals surface area contributed by atoms with E-state index in [9.17, 15) is 14.7 Å². The number of nitrogen functional groups attached to an aromatic ring is 1. The molecule has 38 heavy (non-hydrogen) atoms. The van der Waals surface area contributed by atoms with Crippen molar-refractivity contribution in [2.75, 3.05) is 29.0 Å². The van der Waals surface area contributed by atoms with Gasteiger partial charge in [-0.05, 0) is 85.5 Å². The maximum atomic E-state index is 13.2. The summed E-state index contributed by atoms with van der Waals surface area (Å²) >= 11 is 3.43. The van der Waals surface area contributed by atoms with Crippen molar-refractivity contribution in [3.05, 3.63) is 94.6 Å². The molecule has 8 nitrogen and oxygen atoms in total. The molecule has 0 radical (unpaired) electrons. The molecule has 0 saturated heterocycles. The number of benzene rings is 3. The van der Waals surface area contributed by atoms with E-state index in [0.717, 1.165) is 34.0 Å². The second-order valence-electron chi connectivity index (χ2n) is 8.79. The summed E-state index contributed by atoms with van der Waals surface area (Å²) in [5.41, 5.74) is 8.42. The van der Waals surface area contributed by atoms with Gasteiger partial charge in [0, 0.05) is 46.1 Å². The van der Waals surface area contributed by atoms with E-state index in [2.05, 4.69) is 50.3 Å². The molecule has 196 valence electrons. The van der Waals surface area contributed by atoms with Crippen molar-refractivity contribution in [2.45, 2.75) is 26.0 Å². The standard InChI is InChI=1S/C29H30BrN5O3/c1-3-35(4-2)23-11-8-18(9-12-23)28(37)34-25(20-6-5-7-21(30)16-20)26(36)29(38)33-22-10-13-24-19(17-22)14-15-32-27(24)31/h5-17,25-26,36H,3-4H2,1-2H3,(H2,31,32)(H,33,38)(H,34,37). The first-order chi connectivity index (χ1) is 18.3. The van der Waals surface area contributed by atoms with E-state index < -0.39 is 24.0 Å². The number of aromatic nitrogens is 1. The Morgan fingerprint density at radius 3 is 2.45 bits per heavy atom. The number of nitrogens with zero attached hydrogens (tertiary/aromatic N) is 2. The van der Waals surface area contributed by atoms with Gasteiger partial charge in [0.1, 0.15) is 5.82 Å². The number of aliphatic hydroxyl groups is 1. The highest BCUT2D eigenvalue weighted by Gasteiger charge is 2.30. The van der Waals surface area contributed by atoms with Gasteiger partial charge < -0.3 is 26.4 Å². The van der Waals surface area contributed by atoms with Crippen LogP contribution in [0.1, 0.15) is 35.8 Å². The van der Waals surface area contributed by atoms with E-state index in [-0.39, 0.29) is 0 Å². The lowest BCUT2D eigenvalue weighted by atomic mass is 9.99. The molecular weight excluding hydrogens is 546 g/mol. The molecule has 0 aliphatic rings. The zero-order chi connectivity index (χ0) is 27.2. The van der Waals surface area contributed by atoms with Gasteiger partial charge in [-0.25, -0.2) is 4.98 Å². The summed E-state index contributed by atoms with van der Waals surface area (Å²) in [5, 5.41) is 18.3. The minimum absolute atomic E-state index is 0.392. The number of pyridine rings is 1. The number of anilines is 3. The van der Waals surface area contributed by atoms with Crippen molar-refractivity contribution in [3.63, 3.8) is 0 Å². The third kappa shape index (κ3) is 6.12. The van der Waals surface area contributed by atoms with Gasteiger partial charge in [-0.2, -0.15) is 0 Å². The van der Waals surface area contributed by atoms with Crippen molar-refractivity contribution in [3.8, 4) is 0 Å². The number of hydrogen-bond donors (Lipinski definition) is 4. The first-order valence-corrected chi connectivity index (χ1v) is 13.1. The average Bonchev–Trinajstić information content (AvgIpc) is 2.92. The SMILES string of the molecule is CCN(CC)c1ccc(C(=O)NC(c2cccc(Br)c2)C(O)C(=O)Nc2ccc3c(N)nccc3c2)cc1. The zero-order valence-corrected chi connectivity index (χ0v) is 22.8. The number of nitrogens with two attached hydrogens (primary N) is 1. The summed E-state index contributed by atoms with van der Waals surface area (Å²) in [4.78, 5) is 32.6. The third-order valence-corrected chi connectivity index (χ3v) is 6.89. The molecule has 0 fully saturated rings. The van der Waals surface area contributed by atoms with Gasteiger partial charge in [-0.3, -0.25) is 9.59 Å². The monoisotopic (exact) mass is 575 g/mol. The predicted octanol–water partition coefficient (Wildman–Crippen LogP) is 4.90. The fraction of sp³-hybridized carbons (Fsp3) is 0.207. The lowest BCUT2D eigenvalue weighted by molar-refractivity contribution is -0.125. The minimum Gasteiger partial charge on any atom is -0.383 e. The molecule has 3 aromatic carbocycles. The number of aliphatic hydroxyl groups excluding tert-OH is 1. The quantitative estimate of drug-likeness (QED) is 0.225. The number of fused-ring (bicyclic) bond motifs is 1. The molecule has 0 aliphatic heterocycles. The molecule has 0 bridgehead atoms. The van der Waals surface area contributed by atoms with Crippen LogP contribution in [-0.2, 0) is 4.79 Å². The summed E-state index contributed by atoms with van der Waals surface area (Å²) in [6, 6.07) is 20.4. The van der Waals surface area contributed by atoms with E-state index in [1.807, 2.05) is 18.2 Å². The lowest BCUT2D eigenvalue weighted by Gasteiger charge is -2.25. The van der Waals surface area contributed by atoms with Crippen LogP contribution in [0.2, 0.25) is 0 Å².